The second kappa shape index (κ2) is 13.2. The van der Waals surface area contributed by atoms with E-state index in [1.54, 1.807) is 6.20 Å². The number of nitrogens with one attached hydrogen (secondary N) is 2. The van der Waals surface area contributed by atoms with Gasteiger partial charge >= 0.3 is 0 Å². The third-order valence-electron chi connectivity index (χ3n) is 5.38. The molecule has 1 saturated heterocycles. The van der Waals surface area contributed by atoms with Crippen LogP contribution < -0.4 is 10.6 Å². The lowest BCUT2D eigenvalue weighted by Gasteiger charge is -2.14. The number of pyridine rings is 1. The van der Waals surface area contributed by atoms with Crippen LogP contribution in [0.15, 0.2) is 58.2 Å². The summed E-state index contributed by atoms with van der Waals surface area (Å²) in [5.41, 5.74) is 3.25. The number of aliphatic imine (C=N–C) groups is 1. The standard InChI is InChI=1S/C24H31N7O.HI/c1-2-25-24(27-14-12-22-29-23(32-30-22)21-7-3-4-13-26-21)28-17-19-8-10-20(11-9-19)18-31-15-5-6-16-31;/h3-4,7-11,13H,2,5-6,12,14-18H2,1H3,(H2,25,27,28);1H. The highest BCUT2D eigenvalue weighted by Gasteiger charge is 2.12. The largest absolute Gasteiger partial charge is 0.357 e. The van der Waals surface area contributed by atoms with Gasteiger partial charge in [-0.1, -0.05) is 35.5 Å². The maximum Gasteiger partial charge on any atom is 0.276 e. The Kier molecular flexibility index (Phi) is 10.1. The molecule has 0 spiro atoms. The molecule has 0 bridgehead atoms. The molecular weight excluding hydrogens is 529 g/mol. The number of likely N-dealkylation sites (tertiary alicyclic amines) is 1. The SMILES string of the molecule is CCNC(=NCc1ccc(CN2CCCC2)cc1)NCCc1noc(-c2ccccn2)n1.I. The molecule has 1 aliphatic heterocycles. The summed E-state index contributed by atoms with van der Waals surface area (Å²) in [5, 5.41) is 10.7. The normalized spacial score (nSPS) is 14.2. The molecule has 0 radical (unpaired) electrons. The number of benzene rings is 1. The molecule has 0 saturated carbocycles. The lowest BCUT2D eigenvalue weighted by molar-refractivity contribution is 0.331. The molecule has 3 aromatic rings. The van der Waals surface area contributed by atoms with E-state index < -0.39 is 0 Å². The van der Waals surface area contributed by atoms with E-state index in [0.29, 0.717) is 36.9 Å². The molecule has 0 atom stereocenters. The summed E-state index contributed by atoms with van der Waals surface area (Å²) in [5.74, 6) is 1.86. The highest BCUT2D eigenvalue weighted by molar-refractivity contribution is 14.0. The zero-order valence-corrected chi connectivity index (χ0v) is 21.4. The number of nitrogens with zero attached hydrogens (tertiary/aromatic N) is 5. The first kappa shape index (κ1) is 25.1. The van der Waals surface area contributed by atoms with Crippen LogP contribution in [0.5, 0.6) is 0 Å². The number of halogens is 1. The van der Waals surface area contributed by atoms with Crippen molar-refractivity contribution in [2.24, 2.45) is 4.99 Å². The molecule has 2 aromatic heterocycles. The minimum atomic E-state index is 0. The minimum Gasteiger partial charge on any atom is -0.357 e. The Morgan fingerprint density at radius 1 is 1.06 bits per heavy atom. The van der Waals surface area contributed by atoms with Crippen molar-refractivity contribution in [1.29, 1.82) is 0 Å². The van der Waals surface area contributed by atoms with E-state index in [1.807, 2.05) is 18.2 Å². The van der Waals surface area contributed by atoms with Crippen LogP contribution in [0.25, 0.3) is 11.6 Å². The van der Waals surface area contributed by atoms with Crippen LogP contribution in [0.4, 0.5) is 0 Å². The molecule has 3 heterocycles. The summed E-state index contributed by atoms with van der Waals surface area (Å²) in [6.45, 7) is 7.63. The predicted octanol–water partition coefficient (Wildman–Crippen LogP) is 3.64. The van der Waals surface area contributed by atoms with Gasteiger partial charge in [-0.2, -0.15) is 4.98 Å². The summed E-state index contributed by atoms with van der Waals surface area (Å²) < 4.78 is 5.31. The van der Waals surface area contributed by atoms with Gasteiger partial charge in [-0.15, -0.1) is 24.0 Å². The second-order valence-corrected chi connectivity index (χ2v) is 7.90. The monoisotopic (exact) mass is 561 g/mol. The lowest BCUT2D eigenvalue weighted by Crippen LogP contribution is -2.38. The molecule has 1 aliphatic rings. The summed E-state index contributed by atoms with van der Waals surface area (Å²) in [4.78, 5) is 15.9. The quantitative estimate of drug-likeness (QED) is 0.234. The van der Waals surface area contributed by atoms with Gasteiger partial charge in [0, 0.05) is 32.3 Å². The Hall–Kier alpha value is -2.53. The molecule has 2 N–H and O–H groups in total. The molecule has 1 aromatic carbocycles. The number of hydrogen-bond acceptors (Lipinski definition) is 6. The van der Waals surface area contributed by atoms with E-state index in [2.05, 4.69) is 61.8 Å². The zero-order chi connectivity index (χ0) is 22.0. The topological polar surface area (TPSA) is 91.5 Å². The van der Waals surface area contributed by atoms with Crippen LogP contribution in [-0.2, 0) is 19.5 Å². The van der Waals surface area contributed by atoms with Crippen molar-refractivity contribution in [2.75, 3.05) is 26.2 Å². The third-order valence-corrected chi connectivity index (χ3v) is 5.38. The first-order chi connectivity index (χ1) is 15.8. The van der Waals surface area contributed by atoms with Gasteiger partial charge in [-0.25, -0.2) is 4.99 Å². The van der Waals surface area contributed by atoms with Crippen LogP contribution in [0.1, 0.15) is 36.7 Å². The number of hydrogen-bond donors (Lipinski definition) is 2. The van der Waals surface area contributed by atoms with Gasteiger partial charge in [0.15, 0.2) is 11.8 Å². The van der Waals surface area contributed by atoms with Crippen molar-refractivity contribution in [1.82, 2.24) is 30.7 Å². The fraction of sp³-hybridized carbons (Fsp3) is 0.417. The van der Waals surface area contributed by atoms with Crippen LogP contribution in [0.3, 0.4) is 0 Å². The molecule has 4 rings (SSSR count). The van der Waals surface area contributed by atoms with Gasteiger partial charge in [0.2, 0.25) is 0 Å². The van der Waals surface area contributed by atoms with Gasteiger partial charge in [-0.3, -0.25) is 9.88 Å². The third kappa shape index (κ3) is 7.78. The first-order valence-corrected chi connectivity index (χ1v) is 11.4. The van der Waals surface area contributed by atoms with E-state index in [1.165, 1.54) is 37.1 Å². The van der Waals surface area contributed by atoms with Gasteiger partial charge in [0.1, 0.15) is 5.69 Å². The number of guanidine groups is 1. The van der Waals surface area contributed by atoms with Gasteiger partial charge < -0.3 is 15.2 Å². The molecular formula is C24H32IN7O. The Balaban J connectivity index is 0.00000306. The van der Waals surface area contributed by atoms with Gasteiger partial charge in [0.25, 0.3) is 5.89 Å². The maximum atomic E-state index is 5.31. The fourth-order valence-corrected chi connectivity index (χ4v) is 3.70. The minimum absolute atomic E-state index is 0. The number of aromatic nitrogens is 3. The molecule has 8 nitrogen and oxygen atoms in total. The molecule has 176 valence electrons. The first-order valence-electron chi connectivity index (χ1n) is 11.4. The lowest BCUT2D eigenvalue weighted by atomic mass is 10.1. The van der Waals surface area contributed by atoms with Crippen molar-refractivity contribution in [3.05, 3.63) is 65.6 Å². The van der Waals surface area contributed by atoms with Crippen molar-refractivity contribution in [3.63, 3.8) is 0 Å². The Morgan fingerprint density at radius 2 is 1.85 bits per heavy atom. The zero-order valence-electron chi connectivity index (χ0n) is 19.0. The van der Waals surface area contributed by atoms with Crippen LogP contribution >= 0.6 is 24.0 Å². The van der Waals surface area contributed by atoms with E-state index in [9.17, 15) is 0 Å². The average molecular weight is 561 g/mol. The molecule has 0 unspecified atom stereocenters. The van der Waals surface area contributed by atoms with Gasteiger partial charge in [0.05, 0.1) is 6.54 Å². The summed E-state index contributed by atoms with van der Waals surface area (Å²) >= 11 is 0. The maximum absolute atomic E-state index is 5.31. The van der Waals surface area contributed by atoms with Crippen LogP contribution in [0.2, 0.25) is 0 Å². The smallest absolute Gasteiger partial charge is 0.276 e. The summed E-state index contributed by atoms with van der Waals surface area (Å²) in [6, 6.07) is 14.4. The molecule has 9 heteroatoms. The average Bonchev–Trinajstić information content (AvgIpc) is 3.51. The van der Waals surface area contributed by atoms with E-state index >= 15 is 0 Å². The summed E-state index contributed by atoms with van der Waals surface area (Å²) in [7, 11) is 0. The van der Waals surface area contributed by atoms with Crippen LogP contribution in [-0.4, -0.2) is 52.2 Å². The predicted molar refractivity (Wildman–Crippen MR) is 140 cm³/mol. The highest BCUT2D eigenvalue weighted by Crippen LogP contribution is 2.14. The highest BCUT2D eigenvalue weighted by atomic mass is 127. The summed E-state index contributed by atoms with van der Waals surface area (Å²) in [6.07, 6.45) is 4.99. The molecule has 0 aliphatic carbocycles. The van der Waals surface area contributed by atoms with Crippen molar-refractivity contribution in [2.45, 2.75) is 39.3 Å². The van der Waals surface area contributed by atoms with Crippen molar-refractivity contribution >= 4 is 29.9 Å². The van der Waals surface area contributed by atoms with Crippen LogP contribution in [0, 0.1) is 0 Å². The Bertz CT molecular complexity index is 986. The fourth-order valence-electron chi connectivity index (χ4n) is 3.70. The Morgan fingerprint density at radius 3 is 2.58 bits per heavy atom. The Labute approximate surface area is 212 Å². The molecule has 0 amide bonds. The molecule has 33 heavy (non-hydrogen) atoms. The van der Waals surface area contributed by atoms with E-state index in [-0.39, 0.29) is 24.0 Å². The van der Waals surface area contributed by atoms with Crippen molar-refractivity contribution in [3.8, 4) is 11.6 Å². The van der Waals surface area contributed by atoms with E-state index in [0.717, 1.165) is 19.0 Å². The van der Waals surface area contributed by atoms with Crippen molar-refractivity contribution < 1.29 is 4.52 Å². The number of rotatable bonds is 9. The molecule has 1 fully saturated rings. The van der Waals surface area contributed by atoms with E-state index in [4.69, 9.17) is 9.52 Å². The van der Waals surface area contributed by atoms with Gasteiger partial charge in [-0.05, 0) is 56.1 Å². The second-order valence-electron chi connectivity index (χ2n) is 7.90.